The van der Waals surface area contributed by atoms with Gasteiger partial charge in [-0.3, -0.25) is 0 Å². The molecule has 4 bridgehead atoms. The SMILES string of the molecule is COc1ccc2c(c1)CC(C13CC4CC(CC(C4)C1)C3)N2. The second-order valence-corrected chi connectivity index (χ2v) is 8.20. The average Bonchev–Trinajstić information content (AvgIpc) is 2.89. The Morgan fingerprint density at radius 3 is 2.33 bits per heavy atom. The smallest absolute Gasteiger partial charge is 0.119 e. The summed E-state index contributed by atoms with van der Waals surface area (Å²) in [5.41, 5.74) is 3.42. The van der Waals surface area contributed by atoms with Crippen LogP contribution in [0.3, 0.4) is 0 Å². The highest BCUT2D eigenvalue weighted by Crippen LogP contribution is 2.62. The van der Waals surface area contributed by atoms with Crippen LogP contribution in [0.5, 0.6) is 5.75 Å². The molecule has 1 N–H and O–H groups in total. The van der Waals surface area contributed by atoms with Gasteiger partial charge in [0.25, 0.3) is 0 Å². The van der Waals surface area contributed by atoms with Crippen LogP contribution in [0.2, 0.25) is 0 Å². The van der Waals surface area contributed by atoms with Gasteiger partial charge in [-0.25, -0.2) is 0 Å². The Balaban J connectivity index is 1.45. The minimum atomic E-state index is 0.598. The first-order valence-corrected chi connectivity index (χ1v) is 8.67. The lowest BCUT2D eigenvalue weighted by Gasteiger charge is -2.59. The molecular weight excluding hydrogens is 258 g/mol. The van der Waals surface area contributed by atoms with E-state index in [2.05, 4.69) is 23.5 Å². The lowest BCUT2D eigenvalue weighted by molar-refractivity contribution is -0.0619. The lowest BCUT2D eigenvalue weighted by Crippen LogP contribution is -2.53. The van der Waals surface area contributed by atoms with E-state index < -0.39 is 0 Å². The summed E-state index contributed by atoms with van der Waals surface area (Å²) in [4.78, 5) is 0. The van der Waals surface area contributed by atoms with E-state index in [1.54, 1.807) is 7.11 Å². The summed E-state index contributed by atoms with van der Waals surface area (Å²) < 4.78 is 5.40. The number of anilines is 1. The first kappa shape index (κ1) is 12.4. The van der Waals surface area contributed by atoms with Gasteiger partial charge in [0, 0.05) is 11.7 Å². The number of ether oxygens (including phenoxy) is 1. The molecule has 5 aliphatic rings. The van der Waals surface area contributed by atoms with Crippen molar-refractivity contribution in [2.24, 2.45) is 23.2 Å². The number of hydrogen-bond donors (Lipinski definition) is 1. The van der Waals surface area contributed by atoms with Gasteiger partial charge in [-0.05, 0) is 91.9 Å². The van der Waals surface area contributed by atoms with Gasteiger partial charge in [0.1, 0.15) is 5.75 Å². The van der Waals surface area contributed by atoms with Crippen molar-refractivity contribution in [1.82, 2.24) is 0 Å². The Labute approximate surface area is 127 Å². The van der Waals surface area contributed by atoms with E-state index in [1.807, 2.05) is 0 Å². The molecule has 1 aliphatic heterocycles. The monoisotopic (exact) mass is 283 g/mol. The van der Waals surface area contributed by atoms with Crippen LogP contribution in [0.15, 0.2) is 18.2 Å². The quantitative estimate of drug-likeness (QED) is 0.876. The second-order valence-electron chi connectivity index (χ2n) is 8.20. The first-order valence-electron chi connectivity index (χ1n) is 8.67. The molecule has 4 saturated carbocycles. The van der Waals surface area contributed by atoms with E-state index in [4.69, 9.17) is 4.74 Å². The molecule has 1 aromatic rings. The van der Waals surface area contributed by atoms with Crippen LogP contribution in [0.4, 0.5) is 5.69 Å². The molecule has 1 heterocycles. The van der Waals surface area contributed by atoms with Crippen molar-refractivity contribution in [2.45, 2.75) is 51.0 Å². The van der Waals surface area contributed by atoms with Crippen molar-refractivity contribution in [1.29, 1.82) is 0 Å². The van der Waals surface area contributed by atoms with Crippen LogP contribution in [0.1, 0.15) is 44.1 Å². The van der Waals surface area contributed by atoms with E-state index in [1.165, 1.54) is 56.2 Å². The summed E-state index contributed by atoms with van der Waals surface area (Å²) in [5.74, 6) is 4.12. The minimum Gasteiger partial charge on any atom is -0.497 e. The summed E-state index contributed by atoms with van der Waals surface area (Å²) >= 11 is 0. The molecule has 2 nitrogen and oxygen atoms in total. The average molecular weight is 283 g/mol. The van der Waals surface area contributed by atoms with Crippen LogP contribution >= 0.6 is 0 Å². The van der Waals surface area contributed by atoms with Gasteiger partial charge in [0.15, 0.2) is 0 Å². The van der Waals surface area contributed by atoms with Gasteiger partial charge in [0.05, 0.1) is 7.11 Å². The summed E-state index contributed by atoms with van der Waals surface area (Å²) in [6.07, 6.45) is 10.3. The lowest BCUT2D eigenvalue weighted by atomic mass is 9.47. The van der Waals surface area contributed by atoms with Gasteiger partial charge >= 0.3 is 0 Å². The molecule has 0 spiro atoms. The maximum Gasteiger partial charge on any atom is 0.119 e. The van der Waals surface area contributed by atoms with Crippen molar-refractivity contribution < 1.29 is 4.74 Å². The minimum absolute atomic E-state index is 0.598. The van der Waals surface area contributed by atoms with Gasteiger partial charge < -0.3 is 10.1 Å². The molecule has 21 heavy (non-hydrogen) atoms. The highest BCUT2D eigenvalue weighted by molar-refractivity contribution is 5.59. The molecule has 1 atom stereocenters. The fourth-order valence-corrected chi connectivity index (χ4v) is 6.44. The van der Waals surface area contributed by atoms with Crippen LogP contribution in [-0.4, -0.2) is 13.2 Å². The topological polar surface area (TPSA) is 21.3 Å². The van der Waals surface area contributed by atoms with Crippen LogP contribution in [0.25, 0.3) is 0 Å². The molecule has 2 heteroatoms. The van der Waals surface area contributed by atoms with E-state index in [0.29, 0.717) is 11.5 Å². The third-order valence-corrected chi connectivity index (χ3v) is 6.89. The van der Waals surface area contributed by atoms with Gasteiger partial charge in [-0.15, -0.1) is 0 Å². The number of rotatable bonds is 2. The molecule has 0 saturated heterocycles. The number of fused-ring (bicyclic) bond motifs is 1. The van der Waals surface area contributed by atoms with Crippen molar-refractivity contribution >= 4 is 5.69 Å². The van der Waals surface area contributed by atoms with Crippen molar-refractivity contribution in [2.75, 3.05) is 12.4 Å². The third-order valence-electron chi connectivity index (χ3n) is 6.89. The number of methoxy groups -OCH3 is 1. The Bertz CT molecular complexity index is 544. The molecule has 0 radical (unpaired) electrons. The molecular formula is C19H25NO. The number of hydrogen-bond acceptors (Lipinski definition) is 2. The van der Waals surface area contributed by atoms with Crippen molar-refractivity contribution in [3.63, 3.8) is 0 Å². The fourth-order valence-electron chi connectivity index (χ4n) is 6.44. The van der Waals surface area contributed by atoms with Gasteiger partial charge in [0.2, 0.25) is 0 Å². The van der Waals surface area contributed by atoms with E-state index in [-0.39, 0.29) is 0 Å². The number of benzene rings is 1. The zero-order valence-corrected chi connectivity index (χ0v) is 12.9. The highest BCUT2D eigenvalue weighted by atomic mass is 16.5. The molecule has 1 aromatic carbocycles. The maximum absolute atomic E-state index is 5.40. The molecule has 1 unspecified atom stereocenters. The molecule has 6 rings (SSSR count). The van der Waals surface area contributed by atoms with Gasteiger partial charge in [-0.2, -0.15) is 0 Å². The predicted molar refractivity (Wildman–Crippen MR) is 84.7 cm³/mol. The van der Waals surface area contributed by atoms with E-state index in [9.17, 15) is 0 Å². The largest absolute Gasteiger partial charge is 0.497 e. The molecule has 112 valence electrons. The second kappa shape index (κ2) is 4.18. The van der Waals surface area contributed by atoms with Crippen LogP contribution in [-0.2, 0) is 6.42 Å². The maximum atomic E-state index is 5.40. The molecule has 4 fully saturated rings. The predicted octanol–water partition coefficient (Wildman–Crippen LogP) is 4.25. The van der Waals surface area contributed by atoms with E-state index >= 15 is 0 Å². The Morgan fingerprint density at radius 1 is 1.05 bits per heavy atom. The summed E-state index contributed by atoms with van der Waals surface area (Å²) in [5, 5.41) is 3.89. The highest BCUT2D eigenvalue weighted by Gasteiger charge is 2.54. The molecule has 0 amide bonds. The zero-order valence-electron chi connectivity index (χ0n) is 12.9. The Morgan fingerprint density at radius 2 is 1.71 bits per heavy atom. The van der Waals surface area contributed by atoms with Crippen molar-refractivity contribution in [3.05, 3.63) is 23.8 Å². The van der Waals surface area contributed by atoms with Crippen LogP contribution in [0, 0.1) is 23.2 Å². The Hall–Kier alpha value is -1.18. The summed E-state index contributed by atoms with van der Waals surface area (Å²) in [6.45, 7) is 0. The van der Waals surface area contributed by atoms with Gasteiger partial charge in [-0.1, -0.05) is 0 Å². The summed E-state index contributed by atoms with van der Waals surface area (Å²) in [6, 6.07) is 7.22. The molecule has 4 aliphatic carbocycles. The molecule has 0 aromatic heterocycles. The third kappa shape index (κ3) is 1.77. The first-order chi connectivity index (χ1) is 10.2. The Kier molecular flexibility index (Phi) is 2.46. The van der Waals surface area contributed by atoms with Crippen molar-refractivity contribution in [3.8, 4) is 5.75 Å². The standard InChI is InChI=1S/C19H25NO/c1-21-16-2-3-17-15(7-16)8-18(20-17)19-9-12-4-13(10-19)6-14(5-12)11-19/h2-3,7,12-14,18,20H,4-6,8-11H2,1H3. The zero-order chi connectivity index (χ0) is 14.0. The normalized spacial score (nSPS) is 42.7. The van der Waals surface area contributed by atoms with E-state index in [0.717, 1.165) is 23.5 Å². The summed E-state index contributed by atoms with van der Waals surface area (Å²) in [7, 11) is 1.76. The fraction of sp³-hybridized carbons (Fsp3) is 0.684. The number of nitrogens with one attached hydrogen (secondary N) is 1. The van der Waals surface area contributed by atoms with Crippen LogP contribution < -0.4 is 10.1 Å².